The van der Waals surface area contributed by atoms with E-state index in [2.05, 4.69) is 26.8 Å². The van der Waals surface area contributed by atoms with Gasteiger partial charge in [-0.25, -0.2) is 4.79 Å². The topological polar surface area (TPSA) is 299 Å². The van der Waals surface area contributed by atoms with Crippen molar-refractivity contribution < 1.29 is 76.7 Å². The van der Waals surface area contributed by atoms with Crippen LogP contribution in [0.4, 0.5) is 4.79 Å². The molecule has 0 heterocycles. The van der Waals surface area contributed by atoms with Crippen molar-refractivity contribution in [2.45, 2.75) is 137 Å². The first kappa shape index (κ1) is 69.4. The smallest absolute Gasteiger partial charge is 0.408 e. The molecule has 0 aliphatic carbocycles. The Morgan fingerprint density at radius 3 is 1.40 bits per heavy atom. The lowest BCUT2D eigenvalue weighted by Crippen LogP contribution is -2.57. The molecule has 0 saturated heterocycles. The molecular formula is C56H88N8O16. The lowest BCUT2D eigenvalue weighted by molar-refractivity contribution is -0.160. The molecule has 0 aliphatic heterocycles. The van der Waals surface area contributed by atoms with E-state index in [0.717, 1.165) is 11.1 Å². The summed E-state index contributed by atoms with van der Waals surface area (Å²) < 4.78 is 32.9. The number of amides is 5. The number of rotatable bonds is 33. The summed E-state index contributed by atoms with van der Waals surface area (Å²) in [5.41, 5.74) is 3.17. The maximum absolute atomic E-state index is 13.5. The predicted molar refractivity (Wildman–Crippen MR) is 295 cm³/mol. The molecular weight excluding hydrogens is 1040 g/mol. The molecule has 0 bridgehead atoms. The van der Waals surface area contributed by atoms with Crippen molar-refractivity contribution in [3.05, 3.63) is 71.8 Å². The van der Waals surface area contributed by atoms with E-state index >= 15 is 0 Å². The summed E-state index contributed by atoms with van der Waals surface area (Å²) in [7, 11) is 0. The highest BCUT2D eigenvalue weighted by molar-refractivity contribution is 5.91. The summed E-state index contributed by atoms with van der Waals surface area (Å²) >= 11 is 0. The molecule has 2 aromatic carbocycles. The SMILES string of the molecule is CC(C)(C)OC(=O)CN(CCN(CCN(CC(=O)OC(C)(C)C)CC(=O)OC(C)(C)C)CC(=O)NCCOCCOCC(=O)N[C@H](Cc1ccccc1)C(=O)NNC(=O)[C@@H](CCc1ccccc1)NC(=O)OC(C)(C)C)CC(=O)O. The van der Waals surface area contributed by atoms with Crippen molar-refractivity contribution in [3.63, 3.8) is 0 Å². The number of hydrogen-bond acceptors (Lipinski definition) is 18. The quantitative estimate of drug-likeness (QED) is 0.0259. The summed E-state index contributed by atoms with van der Waals surface area (Å²) in [6, 6.07) is 16.0. The molecule has 0 spiro atoms. The fraction of sp³-hybridized carbons (Fsp3) is 0.625. The monoisotopic (exact) mass is 1130 g/mol. The van der Waals surface area contributed by atoms with E-state index in [1.807, 2.05) is 30.3 Å². The fourth-order valence-electron chi connectivity index (χ4n) is 7.30. The van der Waals surface area contributed by atoms with Gasteiger partial charge in [-0.2, -0.15) is 0 Å². The van der Waals surface area contributed by atoms with Gasteiger partial charge in [-0.1, -0.05) is 60.7 Å². The summed E-state index contributed by atoms with van der Waals surface area (Å²) in [5, 5.41) is 17.6. The van der Waals surface area contributed by atoms with Crippen LogP contribution in [-0.2, 0) is 79.6 Å². The number of esters is 3. The largest absolute Gasteiger partial charge is 0.480 e. The maximum Gasteiger partial charge on any atom is 0.408 e. The van der Waals surface area contributed by atoms with Gasteiger partial charge >= 0.3 is 30.0 Å². The van der Waals surface area contributed by atoms with Crippen LogP contribution in [0, 0.1) is 0 Å². The first-order valence-electron chi connectivity index (χ1n) is 26.7. The Hall–Kier alpha value is -6.73. The van der Waals surface area contributed by atoms with Crippen LogP contribution in [0.2, 0.25) is 0 Å². The van der Waals surface area contributed by atoms with Crippen molar-refractivity contribution in [1.82, 2.24) is 41.5 Å². The number of nitrogens with one attached hydrogen (secondary N) is 5. The average Bonchev–Trinajstić information content (AvgIpc) is 3.31. The van der Waals surface area contributed by atoms with Crippen LogP contribution < -0.4 is 26.8 Å². The number of alkyl carbamates (subject to hydrolysis) is 1. The number of aryl methyl sites for hydroxylation is 1. The van der Waals surface area contributed by atoms with Crippen molar-refractivity contribution in [1.29, 1.82) is 0 Å². The number of carboxylic acids is 1. The van der Waals surface area contributed by atoms with Crippen LogP contribution >= 0.6 is 0 Å². The van der Waals surface area contributed by atoms with Crippen molar-refractivity contribution in [2.75, 3.05) is 91.9 Å². The van der Waals surface area contributed by atoms with Crippen molar-refractivity contribution in [2.24, 2.45) is 0 Å². The number of carbonyl (C=O) groups excluding carboxylic acids is 8. The Bertz CT molecular complexity index is 2250. The third kappa shape index (κ3) is 35.0. The third-order valence-electron chi connectivity index (χ3n) is 10.5. The molecule has 0 radical (unpaired) electrons. The van der Waals surface area contributed by atoms with Gasteiger partial charge in [0.15, 0.2) is 0 Å². The van der Waals surface area contributed by atoms with Crippen molar-refractivity contribution in [3.8, 4) is 0 Å². The molecule has 448 valence electrons. The zero-order valence-electron chi connectivity index (χ0n) is 48.9. The molecule has 5 amide bonds. The van der Waals surface area contributed by atoms with E-state index in [4.69, 9.17) is 28.4 Å². The molecule has 6 N–H and O–H groups in total. The first-order valence-corrected chi connectivity index (χ1v) is 26.7. The van der Waals surface area contributed by atoms with E-state index in [1.54, 1.807) is 118 Å². The summed E-state index contributed by atoms with van der Waals surface area (Å²) in [6.07, 6.45) is -0.136. The second-order valence-corrected chi connectivity index (χ2v) is 22.9. The van der Waals surface area contributed by atoms with Crippen LogP contribution in [-0.4, -0.2) is 200 Å². The van der Waals surface area contributed by atoms with Crippen molar-refractivity contribution >= 4 is 53.6 Å². The number of hydrogen-bond donors (Lipinski definition) is 6. The lowest BCUT2D eigenvalue weighted by Gasteiger charge is -2.30. The van der Waals surface area contributed by atoms with Gasteiger partial charge in [0.2, 0.25) is 11.8 Å². The van der Waals surface area contributed by atoms with Crippen LogP contribution in [0.3, 0.4) is 0 Å². The zero-order valence-corrected chi connectivity index (χ0v) is 48.9. The highest BCUT2D eigenvalue weighted by Gasteiger charge is 2.29. The molecule has 0 fully saturated rings. The second-order valence-electron chi connectivity index (χ2n) is 22.9. The molecule has 2 atom stereocenters. The number of carboxylic acid groups (broad SMARTS) is 1. The standard InChI is InChI=1S/C56H88N8O16/c1-53(2,3)77-47(69)36-63(35-46(67)68)28-26-62(27-29-64(37-48(70)78-54(4,5)6)38-49(71)79-55(7,8)9)34-44(65)57-25-30-75-31-32-76-39-45(66)58-43(33-41-21-17-14-18-22-41)51(73)61-60-50(72)42(59-52(74)80-56(10,11)12)24-23-40-19-15-13-16-20-40/h13-22,42-43H,23-39H2,1-12H3,(H,57,65)(H,58,66)(H,59,74)(H,60,72)(H,61,73)(H,67,68)/t42-,43-/m1/s1. The Morgan fingerprint density at radius 1 is 0.487 bits per heavy atom. The van der Waals surface area contributed by atoms with E-state index < -0.39 is 101 Å². The Morgan fingerprint density at radius 2 is 0.925 bits per heavy atom. The first-order chi connectivity index (χ1) is 37.2. The van der Waals surface area contributed by atoms with Gasteiger partial charge in [-0.15, -0.1) is 0 Å². The minimum atomic E-state index is -1.18. The Balaban J connectivity index is 2.03. The Kier molecular flexibility index (Phi) is 29.9. The second kappa shape index (κ2) is 34.4. The number of aliphatic carboxylic acids is 1. The number of carbonyl (C=O) groups is 9. The summed E-state index contributed by atoms with van der Waals surface area (Å²) in [4.78, 5) is 121. The highest BCUT2D eigenvalue weighted by Crippen LogP contribution is 2.13. The molecule has 2 rings (SSSR count). The van der Waals surface area contributed by atoms with Gasteiger partial charge in [-0.3, -0.25) is 63.9 Å². The fourth-order valence-corrected chi connectivity index (χ4v) is 7.30. The zero-order chi connectivity index (χ0) is 60.1. The predicted octanol–water partition coefficient (Wildman–Crippen LogP) is 2.55. The third-order valence-corrected chi connectivity index (χ3v) is 10.5. The molecule has 24 nitrogen and oxygen atoms in total. The molecule has 0 unspecified atom stereocenters. The molecule has 0 aliphatic rings. The minimum absolute atomic E-state index is 0.0280. The maximum atomic E-state index is 13.5. The van der Waals surface area contributed by atoms with Gasteiger partial charge < -0.3 is 49.5 Å². The molecule has 0 aromatic heterocycles. The van der Waals surface area contributed by atoms with E-state index in [0.29, 0.717) is 6.42 Å². The molecule has 80 heavy (non-hydrogen) atoms. The van der Waals surface area contributed by atoms with Crippen LogP contribution in [0.1, 0.15) is 101 Å². The number of nitrogens with zero attached hydrogens (tertiary/aromatic N) is 3. The van der Waals surface area contributed by atoms with Gasteiger partial charge in [0.1, 0.15) is 41.1 Å². The van der Waals surface area contributed by atoms with Gasteiger partial charge in [-0.05, 0) is 107 Å². The minimum Gasteiger partial charge on any atom is -0.480 e. The van der Waals surface area contributed by atoms with Crippen LogP contribution in [0.25, 0.3) is 0 Å². The molecule has 0 saturated carbocycles. The van der Waals surface area contributed by atoms with Gasteiger partial charge in [0, 0.05) is 39.1 Å². The lowest BCUT2D eigenvalue weighted by atomic mass is 10.0. The van der Waals surface area contributed by atoms with E-state index in [1.165, 1.54) is 9.80 Å². The molecule has 2 aromatic rings. The Labute approximate surface area is 470 Å². The average molecular weight is 1130 g/mol. The van der Waals surface area contributed by atoms with Crippen LogP contribution in [0.15, 0.2) is 60.7 Å². The summed E-state index contributed by atoms with van der Waals surface area (Å²) in [6.45, 7) is 18.9. The number of ether oxygens (including phenoxy) is 6. The number of benzene rings is 2. The van der Waals surface area contributed by atoms with Gasteiger partial charge in [0.05, 0.1) is 52.5 Å². The van der Waals surface area contributed by atoms with Crippen LogP contribution in [0.5, 0.6) is 0 Å². The van der Waals surface area contributed by atoms with E-state index in [9.17, 15) is 48.3 Å². The normalized spacial score (nSPS) is 12.7. The number of hydrazine groups is 1. The highest BCUT2D eigenvalue weighted by atomic mass is 16.6. The molecule has 24 heteroatoms. The summed E-state index contributed by atoms with van der Waals surface area (Å²) in [5.74, 6) is -5.50. The van der Waals surface area contributed by atoms with E-state index in [-0.39, 0.29) is 91.6 Å². The van der Waals surface area contributed by atoms with Gasteiger partial charge in [0.25, 0.3) is 11.8 Å².